The molecule has 31 heavy (non-hydrogen) atoms. The molecule has 0 spiro atoms. The highest BCUT2D eigenvalue weighted by molar-refractivity contribution is 7.94. The van der Waals surface area contributed by atoms with Gasteiger partial charge in [0.25, 0.3) is 15.9 Å². The highest BCUT2D eigenvalue weighted by Gasteiger charge is 2.21. The largest absolute Gasteiger partial charge is 0.322 e. The molecule has 8 heteroatoms. The van der Waals surface area contributed by atoms with E-state index in [0.717, 1.165) is 22.1 Å². The molecule has 156 valence electrons. The minimum absolute atomic E-state index is 0.119. The summed E-state index contributed by atoms with van der Waals surface area (Å²) in [5.41, 5.74) is 1.26. The summed E-state index contributed by atoms with van der Waals surface area (Å²) in [6, 6.07) is 20.4. The first-order valence-corrected chi connectivity index (χ1v) is 11.7. The molecule has 0 fully saturated rings. The number of nitrogens with one attached hydrogen (secondary N) is 2. The second kappa shape index (κ2) is 8.33. The molecule has 3 aromatic carbocycles. The first kappa shape index (κ1) is 20.8. The van der Waals surface area contributed by atoms with Gasteiger partial charge < -0.3 is 5.32 Å². The Balaban J connectivity index is 1.75. The Morgan fingerprint density at radius 3 is 2.29 bits per heavy atom. The van der Waals surface area contributed by atoms with Crippen LogP contribution < -0.4 is 10.0 Å². The van der Waals surface area contributed by atoms with E-state index >= 15 is 0 Å². The SMILES string of the molecule is CC(=O)c1cccc(NC(=O)c2cc3ccccc3cc2NS(=O)(=O)c2cccs2)c1. The van der Waals surface area contributed by atoms with Crippen molar-refractivity contribution in [3.05, 3.63) is 89.3 Å². The van der Waals surface area contributed by atoms with E-state index in [-0.39, 0.29) is 21.2 Å². The number of benzene rings is 3. The van der Waals surface area contributed by atoms with Gasteiger partial charge in [0.2, 0.25) is 0 Å². The molecule has 0 saturated carbocycles. The van der Waals surface area contributed by atoms with E-state index in [1.165, 1.54) is 13.0 Å². The third kappa shape index (κ3) is 4.50. The van der Waals surface area contributed by atoms with Crippen molar-refractivity contribution in [1.29, 1.82) is 0 Å². The van der Waals surface area contributed by atoms with Crippen molar-refractivity contribution in [2.75, 3.05) is 10.0 Å². The summed E-state index contributed by atoms with van der Waals surface area (Å²) in [6.45, 7) is 1.45. The number of thiophene rings is 1. The summed E-state index contributed by atoms with van der Waals surface area (Å²) < 4.78 is 28.3. The second-order valence-corrected chi connectivity index (χ2v) is 9.73. The van der Waals surface area contributed by atoms with Crippen LogP contribution in [0.15, 0.2) is 82.4 Å². The number of fused-ring (bicyclic) bond motifs is 1. The summed E-state index contributed by atoms with van der Waals surface area (Å²) in [5, 5.41) is 6.02. The Kier molecular flexibility index (Phi) is 5.58. The van der Waals surface area contributed by atoms with Crippen molar-refractivity contribution in [2.45, 2.75) is 11.1 Å². The van der Waals surface area contributed by atoms with Crippen LogP contribution in [-0.4, -0.2) is 20.1 Å². The lowest BCUT2D eigenvalue weighted by Gasteiger charge is -2.14. The number of amides is 1. The molecule has 0 bridgehead atoms. The van der Waals surface area contributed by atoms with Gasteiger partial charge in [0, 0.05) is 11.3 Å². The average molecular weight is 451 g/mol. The number of anilines is 2. The predicted molar refractivity (Wildman–Crippen MR) is 123 cm³/mol. The van der Waals surface area contributed by atoms with E-state index < -0.39 is 15.9 Å². The third-order valence-corrected chi connectivity index (χ3v) is 7.42. The molecule has 0 saturated heterocycles. The van der Waals surface area contributed by atoms with Gasteiger partial charge in [-0.15, -0.1) is 11.3 Å². The van der Waals surface area contributed by atoms with Gasteiger partial charge in [-0.1, -0.05) is 42.5 Å². The molecule has 0 aliphatic carbocycles. The standard InChI is InChI=1S/C23H18N2O4S2/c1-15(26)16-8-4-9-19(12-16)24-23(27)20-13-17-6-2-3-7-18(17)14-21(20)25-31(28,29)22-10-5-11-30-22/h2-14,25H,1H3,(H,24,27). The van der Waals surface area contributed by atoms with Crippen LogP contribution in [0.25, 0.3) is 10.8 Å². The maximum absolute atomic E-state index is 13.1. The van der Waals surface area contributed by atoms with E-state index in [1.54, 1.807) is 47.8 Å². The summed E-state index contributed by atoms with van der Waals surface area (Å²) in [4.78, 5) is 24.7. The van der Waals surface area contributed by atoms with E-state index in [0.29, 0.717) is 11.3 Å². The van der Waals surface area contributed by atoms with E-state index in [4.69, 9.17) is 0 Å². The van der Waals surface area contributed by atoms with Crippen LogP contribution in [0.4, 0.5) is 11.4 Å². The number of hydrogen-bond donors (Lipinski definition) is 2. The summed E-state index contributed by atoms with van der Waals surface area (Å²) >= 11 is 1.09. The molecular weight excluding hydrogens is 432 g/mol. The van der Waals surface area contributed by atoms with Gasteiger partial charge in [-0.2, -0.15) is 0 Å². The molecule has 0 atom stereocenters. The van der Waals surface area contributed by atoms with Gasteiger partial charge in [-0.25, -0.2) is 8.42 Å². The Labute approximate surface area is 183 Å². The fourth-order valence-electron chi connectivity index (χ4n) is 3.14. The van der Waals surface area contributed by atoms with E-state index in [1.807, 2.05) is 24.3 Å². The number of carbonyl (C=O) groups is 2. The highest BCUT2D eigenvalue weighted by Crippen LogP contribution is 2.28. The Morgan fingerprint density at radius 1 is 0.871 bits per heavy atom. The van der Waals surface area contributed by atoms with Crippen molar-refractivity contribution < 1.29 is 18.0 Å². The fourth-order valence-corrected chi connectivity index (χ4v) is 5.20. The van der Waals surface area contributed by atoms with Crippen LogP contribution in [0.2, 0.25) is 0 Å². The molecule has 0 radical (unpaired) electrons. The number of Topliss-reactive ketones (excluding diaryl/α,β-unsaturated/α-hetero) is 1. The number of ketones is 1. The Bertz CT molecular complexity index is 1390. The predicted octanol–water partition coefficient (Wildman–Crippen LogP) is 5.16. The van der Waals surface area contributed by atoms with Crippen molar-refractivity contribution in [2.24, 2.45) is 0 Å². The number of hydrogen-bond acceptors (Lipinski definition) is 5. The minimum Gasteiger partial charge on any atom is -0.322 e. The van der Waals surface area contributed by atoms with Crippen molar-refractivity contribution >= 4 is 55.2 Å². The lowest BCUT2D eigenvalue weighted by Crippen LogP contribution is -2.18. The van der Waals surface area contributed by atoms with Crippen LogP contribution in [-0.2, 0) is 10.0 Å². The molecular formula is C23H18N2O4S2. The maximum atomic E-state index is 13.1. The molecule has 4 rings (SSSR count). The first-order chi connectivity index (χ1) is 14.8. The first-order valence-electron chi connectivity index (χ1n) is 9.35. The summed E-state index contributed by atoms with van der Waals surface area (Å²) in [5.74, 6) is -0.610. The molecule has 0 aliphatic rings. The average Bonchev–Trinajstić information content (AvgIpc) is 3.29. The molecule has 1 heterocycles. The van der Waals surface area contributed by atoms with Gasteiger partial charge in [0.15, 0.2) is 5.78 Å². The Morgan fingerprint density at radius 2 is 1.61 bits per heavy atom. The maximum Gasteiger partial charge on any atom is 0.271 e. The monoisotopic (exact) mass is 450 g/mol. The van der Waals surface area contributed by atoms with Gasteiger partial charge in [-0.05, 0) is 53.4 Å². The van der Waals surface area contributed by atoms with Crippen molar-refractivity contribution in [1.82, 2.24) is 0 Å². The zero-order valence-electron chi connectivity index (χ0n) is 16.5. The fraction of sp³-hybridized carbons (Fsp3) is 0.0435. The quantitative estimate of drug-likeness (QED) is 0.397. The van der Waals surface area contributed by atoms with Crippen molar-refractivity contribution in [3.8, 4) is 0 Å². The lowest BCUT2D eigenvalue weighted by atomic mass is 10.0. The topological polar surface area (TPSA) is 92.3 Å². The van der Waals surface area contributed by atoms with Gasteiger partial charge in [-0.3, -0.25) is 14.3 Å². The minimum atomic E-state index is -3.84. The van der Waals surface area contributed by atoms with Crippen LogP contribution in [0.1, 0.15) is 27.6 Å². The second-order valence-electron chi connectivity index (χ2n) is 6.87. The normalized spacial score (nSPS) is 11.3. The molecule has 4 aromatic rings. The van der Waals surface area contributed by atoms with Crippen LogP contribution in [0.5, 0.6) is 0 Å². The number of sulfonamides is 1. The summed E-state index contributed by atoms with van der Waals surface area (Å²) in [6.07, 6.45) is 0. The number of rotatable bonds is 6. The molecule has 6 nitrogen and oxygen atoms in total. The number of carbonyl (C=O) groups excluding carboxylic acids is 2. The molecule has 0 unspecified atom stereocenters. The summed E-state index contributed by atoms with van der Waals surface area (Å²) in [7, 11) is -3.84. The Hall–Kier alpha value is -3.49. The van der Waals surface area contributed by atoms with Gasteiger partial charge in [0.05, 0.1) is 11.3 Å². The third-order valence-electron chi connectivity index (χ3n) is 4.66. The molecule has 1 aromatic heterocycles. The van der Waals surface area contributed by atoms with Crippen LogP contribution in [0.3, 0.4) is 0 Å². The zero-order chi connectivity index (χ0) is 22.0. The van der Waals surface area contributed by atoms with E-state index in [9.17, 15) is 18.0 Å². The van der Waals surface area contributed by atoms with E-state index in [2.05, 4.69) is 10.0 Å². The molecule has 2 N–H and O–H groups in total. The van der Waals surface area contributed by atoms with Gasteiger partial charge in [0.1, 0.15) is 4.21 Å². The zero-order valence-corrected chi connectivity index (χ0v) is 18.1. The molecule has 0 aliphatic heterocycles. The molecule has 1 amide bonds. The smallest absolute Gasteiger partial charge is 0.271 e. The lowest BCUT2D eigenvalue weighted by molar-refractivity contribution is 0.101. The van der Waals surface area contributed by atoms with Crippen molar-refractivity contribution in [3.63, 3.8) is 0 Å². The van der Waals surface area contributed by atoms with Crippen LogP contribution in [0, 0.1) is 0 Å². The van der Waals surface area contributed by atoms with Crippen LogP contribution >= 0.6 is 11.3 Å². The van der Waals surface area contributed by atoms with Gasteiger partial charge >= 0.3 is 0 Å². The highest BCUT2D eigenvalue weighted by atomic mass is 32.2.